The first-order valence-electron chi connectivity index (χ1n) is 6.47. The molecule has 0 fully saturated rings. The maximum Gasteiger partial charge on any atom is 0.263 e. The molecule has 0 aromatic heterocycles. The van der Waals surface area contributed by atoms with Crippen molar-refractivity contribution in [3.05, 3.63) is 52.5 Å². The van der Waals surface area contributed by atoms with Crippen molar-refractivity contribution in [3.8, 4) is 0 Å². The van der Waals surface area contributed by atoms with Gasteiger partial charge in [0.2, 0.25) is 0 Å². The van der Waals surface area contributed by atoms with E-state index < -0.39 is 10.0 Å². The van der Waals surface area contributed by atoms with Gasteiger partial charge in [0.05, 0.1) is 5.69 Å². The quantitative estimate of drug-likeness (QED) is 0.802. The van der Waals surface area contributed by atoms with E-state index in [-0.39, 0.29) is 10.6 Å². The Bertz CT molecular complexity index is 758. The third kappa shape index (κ3) is 3.77. The molecule has 2 aromatic carbocycles. The van der Waals surface area contributed by atoms with Crippen LogP contribution in [0.5, 0.6) is 0 Å². The molecular formula is C15H17BrN2O2S. The molecule has 6 heteroatoms. The van der Waals surface area contributed by atoms with Crippen molar-refractivity contribution in [2.45, 2.75) is 24.7 Å². The Labute approximate surface area is 133 Å². The first-order valence-corrected chi connectivity index (χ1v) is 8.75. The largest absolute Gasteiger partial charge is 0.398 e. The second-order valence-corrected chi connectivity index (χ2v) is 7.63. The smallest absolute Gasteiger partial charge is 0.263 e. The first-order chi connectivity index (χ1) is 9.79. The van der Waals surface area contributed by atoms with Crippen LogP contribution in [0.4, 0.5) is 11.4 Å². The van der Waals surface area contributed by atoms with Crippen molar-refractivity contribution in [2.24, 2.45) is 0 Å². The predicted molar refractivity (Wildman–Crippen MR) is 89.9 cm³/mol. The number of hydrogen-bond acceptors (Lipinski definition) is 3. The Morgan fingerprint density at radius 3 is 2.48 bits per heavy atom. The minimum Gasteiger partial charge on any atom is -0.398 e. The number of hydrogen-bond donors (Lipinski definition) is 2. The van der Waals surface area contributed by atoms with E-state index in [9.17, 15) is 8.42 Å². The molecule has 2 rings (SSSR count). The van der Waals surface area contributed by atoms with Gasteiger partial charge in [0, 0.05) is 10.2 Å². The van der Waals surface area contributed by atoms with Gasteiger partial charge >= 0.3 is 0 Å². The Balaban J connectivity index is 2.35. The predicted octanol–water partition coefficient (Wildman–Crippen LogP) is 3.96. The zero-order valence-corrected chi connectivity index (χ0v) is 14.2. The molecule has 0 bridgehead atoms. The summed E-state index contributed by atoms with van der Waals surface area (Å²) in [7, 11) is -3.70. The molecular weight excluding hydrogens is 352 g/mol. The number of benzene rings is 2. The average Bonchev–Trinajstić information content (AvgIpc) is 2.37. The van der Waals surface area contributed by atoms with E-state index in [4.69, 9.17) is 5.73 Å². The van der Waals surface area contributed by atoms with Crippen LogP contribution in [0.25, 0.3) is 0 Å². The molecule has 0 spiro atoms. The summed E-state index contributed by atoms with van der Waals surface area (Å²) in [5.74, 6) is 0.326. The molecule has 21 heavy (non-hydrogen) atoms. The lowest BCUT2D eigenvalue weighted by molar-refractivity contribution is 0.601. The van der Waals surface area contributed by atoms with Gasteiger partial charge in [0.25, 0.3) is 10.0 Å². The maximum absolute atomic E-state index is 12.4. The Kier molecular flexibility index (Phi) is 4.58. The van der Waals surface area contributed by atoms with Gasteiger partial charge in [-0.15, -0.1) is 0 Å². The highest BCUT2D eigenvalue weighted by Crippen LogP contribution is 2.26. The summed E-state index contributed by atoms with van der Waals surface area (Å²) in [6.45, 7) is 4.11. The lowest BCUT2D eigenvalue weighted by Crippen LogP contribution is -2.15. The minimum absolute atomic E-state index is 0.0700. The number of nitrogens with one attached hydrogen (secondary N) is 1. The summed E-state index contributed by atoms with van der Waals surface area (Å²) in [5, 5.41) is 0. The third-order valence-corrected chi connectivity index (χ3v) is 5.02. The number of rotatable bonds is 4. The summed E-state index contributed by atoms with van der Waals surface area (Å²) in [5.41, 5.74) is 7.60. The molecule has 0 amide bonds. The van der Waals surface area contributed by atoms with Gasteiger partial charge in [0.15, 0.2) is 0 Å². The van der Waals surface area contributed by atoms with E-state index in [1.54, 1.807) is 18.2 Å². The van der Waals surface area contributed by atoms with Crippen molar-refractivity contribution in [1.82, 2.24) is 0 Å². The molecule has 0 radical (unpaired) electrons. The summed E-state index contributed by atoms with van der Waals surface area (Å²) in [6.07, 6.45) is 0. The number of halogens is 1. The minimum atomic E-state index is -3.70. The summed E-state index contributed by atoms with van der Waals surface area (Å²) < 4.78 is 28.1. The van der Waals surface area contributed by atoms with Crippen LogP contribution in [0.2, 0.25) is 0 Å². The van der Waals surface area contributed by atoms with Crippen LogP contribution in [0.3, 0.4) is 0 Å². The van der Waals surface area contributed by atoms with Crippen molar-refractivity contribution in [3.63, 3.8) is 0 Å². The molecule has 112 valence electrons. The van der Waals surface area contributed by atoms with Crippen LogP contribution in [0.1, 0.15) is 25.3 Å². The normalized spacial score (nSPS) is 11.6. The van der Waals surface area contributed by atoms with Gasteiger partial charge in [-0.2, -0.15) is 0 Å². The Morgan fingerprint density at radius 1 is 1.14 bits per heavy atom. The van der Waals surface area contributed by atoms with Crippen LogP contribution < -0.4 is 10.5 Å². The first kappa shape index (κ1) is 15.9. The van der Waals surface area contributed by atoms with Crippen molar-refractivity contribution >= 4 is 37.3 Å². The van der Waals surface area contributed by atoms with Crippen LogP contribution in [-0.4, -0.2) is 8.42 Å². The molecule has 0 unspecified atom stereocenters. The van der Waals surface area contributed by atoms with Gasteiger partial charge in [-0.25, -0.2) is 8.42 Å². The lowest BCUT2D eigenvalue weighted by atomic mass is 10.0. The Morgan fingerprint density at radius 2 is 1.86 bits per heavy atom. The summed E-state index contributed by atoms with van der Waals surface area (Å²) in [6, 6.07) is 12.0. The van der Waals surface area contributed by atoms with Crippen molar-refractivity contribution in [1.29, 1.82) is 0 Å². The van der Waals surface area contributed by atoms with Crippen molar-refractivity contribution < 1.29 is 8.42 Å². The lowest BCUT2D eigenvalue weighted by Gasteiger charge is -2.12. The SMILES string of the molecule is CC(C)c1cccc(NS(=O)(=O)c2ccc(Br)cc2N)c1. The fourth-order valence-corrected chi connectivity index (χ4v) is 3.48. The highest BCUT2D eigenvalue weighted by molar-refractivity contribution is 9.10. The fraction of sp³-hybridized carbons (Fsp3) is 0.200. The van der Waals surface area contributed by atoms with Crippen molar-refractivity contribution in [2.75, 3.05) is 10.5 Å². The van der Waals surface area contributed by atoms with E-state index in [1.807, 2.05) is 18.2 Å². The average molecular weight is 369 g/mol. The molecule has 0 saturated heterocycles. The van der Waals surface area contributed by atoms with Crippen LogP contribution in [0.15, 0.2) is 51.8 Å². The molecule has 0 aliphatic rings. The molecule has 4 nitrogen and oxygen atoms in total. The zero-order valence-electron chi connectivity index (χ0n) is 11.8. The Hall–Kier alpha value is -1.53. The van der Waals surface area contributed by atoms with E-state index in [2.05, 4.69) is 34.5 Å². The van der Waals surface area contributed by atoms with Gasteiger partial charge in [-0.05, 0) is 41.8 Å². The van der Waals surface area contributed by atoms with Gasteiger partial charge < -0.3 is 5.73 Å². The van der Waals surface area contributed by atoms with Crippen LogP contribution in [0, 0.1) is 0 Å². The maximum atomic E-state index is 12.4. The highest BCUT2D eigenvalue weighted by atomic mass is 79.9. The van der Waals surface area contributed by atoms with E-state index in [1.165, 1.54) is 6.07 Å². The highest BCUT2D eigenvalue weighted by Gasteiger charge is 2.18. The van der Waals surface area contributed by atoms with Crippen LogP contribution in [-0.2, 0) is 10.0 Å². The molecule has 2 aromatic rings. The molecule has 0 saturated carbocycles. The number of sulfonamides is 1. The number of anilines is 2. The molecule has 0 aliphatic heterocycles. The van der Waals surface area contributed by atoms with E-state index in [0.29, 0.717) is 11.6 Å². The number of nitrogen functional groups attached to an aromatic ring is 1. The van der Waals surface area contributed by atoms with Gasteiger partial charge in [-0.3, -0.25) is 4.72 Å². The van der Waals surface area contributed by atoms with E-state index in [0.717, 1.165) is 10.0 Å². The summed E-state index contributed by atoms with van der Waals surface area (Å²) in [4.78, 5) is 0.0700. The van der Waals surface area contributed by atoms with Gasteiger partial charge in [0.1, 0.15) is 4.90 Å². The topological polar surface area (TPSA) is 72.2 Å². The molecule has 0 atom stereocenters. The molecule has 3 N–H and O–H groups in total. The number of nitrogens with two attached hydrogens (primary N) is 1. The van der Waals surface area contributed by atoms with E-state index >= 15 is 0 Å². The molecule has 0 aliphatic carbocycles. The fourth-order valence-electron chi connectivity index (χ4n) is 1.94. The standard InChI is InChI=1S/C15H17BrN2O2S/c1-10(2)11-4-3-5-13(8-11)18-21(19,20)15-7-6-12(16)9-14(15)17/h3-10,18H,17H2,1-2H3. The second-order valence-electron chi connectivity index (χ2n) is 5.07. The van der Waals surface area contributed by atoms with Gasteiger partial charge in [-0.1, -0.05) is 41.9 Å². The van der Waals surface area contributed by atoms with Crippen LogP contribution >= 0.6 is 15.9 Å². The molecule has 0 heterocycles. The second kappa shape index (κ2) is 6.07. The monoisotopic (exact) mass is 368 g/mol. The summed E-state index contributed by atoms with van der Waals surface area (Å²) >= 11 is 3.26. The zero-order chi connectivity index (χ0) is 15.6. The third-order valence-electron chi connectivity index (χ3n) is 3.07.